The third-order valence-electron chi connectivity index (χ3n) is 2.40. The summed E-state index contributed by atoms with van der Waals surface area (Å²) in [5.41, 5.74) is 0. The van der Waals surface area contributed by atoms with Crippen LogP contribution in [0.1, 0.15) is 12.8 Å². The SMILES string of the molecule is CN(CCNC[C@H](O)CO)C1CC1. The highest BCUT2D eigenvalue weighted by Gasteiger charge is 2.25. The monoisotopic (exact) mass is 188 g/mol. The Hall–Kier alpha value is -0.160. The molecule has 1 aliphatic carbocycles. The van der Waals surface area contributed by atoms with Crippen molar-refractivity contribution < 1.29 is 10.2 Å². The van der Waals surface area contributed by atoms with Crippen molar-refractivity contribution in [3.8, 4) is 0 Å². The number of hydrogen-bond acceptors (Lipinski definition) is 4. The van der Waals surface area contributed by atoms with Crippen molar-refractivity contribution in [2.75, 3.05) is 33.3 Å². The molecule has 0 amide bonds. The fraction of sp³-hybridized carbons (Fsp3) is 1.00. The molecule has 1 rings (SSSR count). The Morgan fingerprint density at radius 3 is 2.77 bits per heavy atom. The predicted octanol–water partition coefficient (Wildman–Crippen LogP) is -0.977. The highest BCUT2D eigenvalue weighted by Crippen LogP contribution is 2.24. The van der Waals surface area contributed by atoms with Crippen LogP contribution in [0.5, 0.6) is 0 Å². The van der Waals surface area contributed by atoms with Crippen LogP contribution in [0.4, 0.5) is 0 Å². The second kappa shape index (κ2) is 5.54. The minimum absolute atomic E-state index is 0.161. The topological polar surface area (TPSA) is 55.7 Å². The van der Waals surface area contributed by atoms with Gasteiger partial charge in [-0.25, -0.2) is 0 Å². The first-order valence-corrected chi connectivity index (χ1v) is 4.94. The van der Waals surface area contributed by atoms with Crippen LogP contribution in [0.15, 0.2) is 0 Å². The van der Waals surface area contributed by atoms with Crippen molar-refractivity contribution in [1.29, 1.82) is 0 Å². The lowest BCUT2D eigenvalue weighted by atomic mass is 10.4. The van der Waals surface area contributed by atoms with Gasteiger partial charge in [0.25, 0.3) is 0 Å². The van der Waals surface area contributed by atoms with Gasteiger partial charge in [-0.2, -0.15) is 0 Å². The fourth-order valence-electron chi connectivity index (χ4n) is 1.29. The Balaban J connectivity index is 1.88. The first kappa shape index (κ1) is 10.9. The number of likely N-dealkylation sites (N-methyl/N-ethyl adjacent to an activating group) is 1. The third kappa shape index (κ3) is 4.57. The van der Waals surface area contributed by atoms with E-state index >= 15 is 0 Å². The van der Waals surface area contributed by atoms with Crippen molar-refractivity contribution in [3.05, 3.63) is 0 Å². The molecule has 0 aliphatic heterocycles. The van der Waals surface area contributed by atoms with Crippen LogP contribution in [-0.4, -0.2) is 60.5 Å². The molecule has 3 N–H and O–H groups in total. The zero-order chi connectivity index (χ0) is 9.68. The summed E-state index contributed by atoms with van der Waals surface area (Å²) in [6.45, 7) is 2.22. The summed E-state index contributed by atoms with van der Waals surface area (Å²) < 4.78 is 0. The Bertz CT molecular complexity index is 140. The largest absolute Gasteiger partial charge is 0.394 e. The maximum atomic E-state index is 9.02. The van der Waals surface area contributed by atoms with Crippen molar-refractivity contribution in [2.45, 2.75) is 25.0 Å². The number of aliphatic hydroxyl groups is 2. The van der Waals surface area contributed by atoms with Crippen LogP contribution in [0.25, 0.3) is 0 Å². The van der Waals surface area contributed by atoms with E-state index < -0.39 is 6.10 Å². The molecule has 4 nitrogen and oxygen atoms in total. The highest BCUT2D eigenvalue weighted by atomic mass is 16.3. The molecule has 0 unspecified atom stereocenters. The quantitative estimate of drug-likeness (QED) is 0.450. The van der Waals surface area contributed by atoms with Gasteiger partial charge in [0.2, 0.25) is 0 Å². The van der Waals surface area contributed by atoms with Crippen molar-refractivity contribution in [2.24, 2.45) is 0 Å². The van der Waals surface area contributed by atoms with E-state index in [1.807, 2.05) is 0 Å². The van der Waals surface area contributed by atoms with E-state index in [1.165, 1.54) is 12.8 Å². The Morgan fingerprint density at radius 1 is 1.54 bits per heavy atom. The summed E-state index contributed by atoms with van der Waals surface area (Å²) in [4.78, 5) is 2.33. The number of nitrogens with one attached hydrogen (secondary N) is 1. The molecule has 0 bridgehead atoms. The van der Waals surface area contributed by atoms with E-state index in [9.17, 15) is 0 Å². The highest BCUT2D eigenvalue weighted by molar-refractivity contribution is 4.82. The van der Waals surface area contributed by atoms with Crippen molar-refractivity contribution in [3.63, 3.8) is 0 Å². The van der Waals surface area contributed by atoms with Crippen molar-refractivity contribution in [1.82, 2.24) is 10.2 Å². The zero-order valence-corrected chi connectivity index (χ0v) is 8.24. The first-order chi connectivity index (χ1) is 6.24. The van der Waals surface area contributed by atoms with Crippen LogP contribution in [0, 0.1) is 0 Å². The van der Waals surface area contributed by atoms with Gasteiger partial charge < -0.3 is 20.4 Å². The van der Waals surface area contributed by atoms with E-state index in [1.54, 1.807) is 0 Å². The minimum atomic E-state index is -0.619. The summed E-state index contributed by atoms with van der Waals surface area (Å²) in [6.07, 6.45) is 2.04. The van der Waals surface area contributed by atoms with Crippen LogP contribution in [-0.2, 0) is 0 Å². The number of rotatable bonds is 7. The summed E-state index contributed by atoms with van der Waals surface area (Å²) in [7, 11) is 2.13. The third-order valence-corrected chi connectivity index (χ3v) is 2.40. The molecule has 0 radical (unpaired) electrons. The van der Waals surface area contributed by atoms with Gasteiger partial charge in [-0.05, 0) is 19.9 Å². The summed E-state index contributed by atoms with van der Waals surface area (Å²) in [6, 6.07) is 0.796. The molecule has 0 aromatic heterocycles. The first-order valence-electron chi connectivity index (χ1n) is 4.94. The number of nitrogens with zero attached hydrogens (tertiary/aromatic N) is 1. The molecule has 1 atom stereocenters. The summed E-state index contributed by atoms with van der Waals surface area (Å²) in [5, 5.41) is 20.7. The lowest BCUT2D eigenvalue weighted by Crippen LogP contribution is -2.35. The lowest BCUT2D eigenvalue weighted by Gasteiger charge is -2.16. The molecule has 0 spiro atoms. The predicted molar refractivity (Wildman–Crippen MR) is 51.6 cm³/mol. The van der Waals surface area contributed by atoms with Crippen molar-refractivity contribution >= 4 is 0 Å². The minimum Gasteiger partial charge on any atom is -0.394 e. The average molecular weight is 188 g/mol. The van der Waals surface area contributed by atoms with Gasteiger partial charge in [-0.1, -0.05) is 0 Å². The van der Waals surface area contributed by atoms with E-state index in [-0.39, 0.29) is 6.61 Å². The van der Waals surface area contributed by atoms with Crippen LogP contribution in [0.3, 0.4) is 0 Å². The van der Waals surface area contributed by atoms with Gasteiger partial charge in [0.05, 0.1) is 12.7 Å². The number of hydrogen-bond donors (Lipinski definition) is 3. The van der Waals surface area contributed by atoms with E-state index in [2.05, 4.69) is 17.3 Å². The Morgan fingerprint density at radius 2 is 2.23 bits per heavy atom. The standard InChI is InChI=1S/C9H20N2O2/c1-11(8-2-3-8)5-4-10-6-9(13)7-12/h8-10,12-13H,2-7H2,1H3/t9-/m0/s1. The Labute approximate surface area is 79.6 Å². The molecule has 1 saturated carbocycles. The van der Waals surface area contributed by atoms with Gasteiger partial charge in [-0.15, -0.1) is 0 Å². The average Bonchev–Trinajstić information content (AvgIpc) is 2.94. The second-order valence-electron chi connectivity index (χ2n) is 3.75. The lowest BCUT2D eigenvalue weighted by molar-refractivity contribution is 0.0940. The summed E-state index contributed by atoms with van der Waals surface area (Å²) >= 11 is 0. The van der Waals surface area contributed by atoms with E-state index in [4.69, 9.17) is 10.2 Å². The van der Waals surface area contributed by atoms with E-state index in [0.717, 1.165) is 19.1 Å². The normalized spacial score (nSPS) is 19.4. The van der Waals surface area contributed by atoms with Gasteiger partial charge in [0.1, 0.15) is 0 Å². The Kier molecular flexibility index (Phi) is 4.66. The van der Waals surface area contributed by atoms with Gasteiger partial charge in [0.15, 0.2) is 0 Å². The fourth-order valence-corrected chi connectivity index (χ4v) is 1.29. The molecular formula is C9H20N2O2. The summed E-state index contributed by atoms with van der Waals surface area (Å²) in [5.74, 6) is 0. The van der Waals surface area contributed by atoms with Gasteiger partial charge in [0, 0.05) is 25.7 Å². The molecule has 4 heteroatoms. The molecule has 1 aliphatic rings. The maximum Gasteiger partial charge on any atom is 0.0894 e. The molecule has 1 fully saturated rings. The van der Waals surface area contributed by atoms with Gasteiger partial charge >= 0.3 is 0 Å². The molecule has 0 saturated heterocycles. The molecule has 0 heterocycles. The van der Waals surface area contributed by atoms with E-state index in [0.29, 0.717) is 6.54 Å². The van der Waals surface area contributed by atoms with Crippen LogP contribution in [0.2, 0.25) is 0 Å². The van der Waals surface area contributed by atoms with Crippen LogP contribution >= 0.6 is 0 Å². The smallest absolute Gasteiger partial charge is 0.0894 e. The second-order valence-corrected chi connectivity index (χ2v) is 3.75. The maximum absolute atomic E-state index is 9.02. The molecular weight excluding hydrogens is 168 g/mol. The molecule has 0 aromatic rings. The molecule has 0 aromatic carbocycles. The zero-order valence-electron chi connectivity index (χ0n) is 8.24. The number of aliphatic hydroxyl groups excluding tert-OH is 2. The molecule has 78 valence electrons. The van der Waals surface area contributed by atoms with Gasteiger partial charge in [-0.3, -0.25) is 0 Å². The van der Waals surface area contributed by atoms with Crippen LogP contribution < -0.4 is 5.32 Å². The molecule has 13 heavy (non-hydrogen) atoms.